The Hall–Kier alpha value is -0.740. The number of hydrogen-bond acceptors (Lipinski definition) is 3. The van der Waals surface area contributed by atoms with Crippen LogP contribution in [-0.2, 0) is 11.2 Å². The fourth-order valence-electron chi connectivity index (χ4n) is 1.25. The summed E-state index contributed by atoms with van der Waals surface area (Å²) in [7, 11) is 0. The smallest absolute Gasteiger partial charge is 0.151 e. The fourth-order valence-corrected chi connectivity index (χ4v) is 1.66. The Morgan fingerprint density at radius 1 is 1.53 bits per heavy atom. The minimum absolute atomic E-state index is 0.198. The van der Waals surface area contributed by atoms with Crippen molar-refractivity contribution in [3.05, 3.63) is 28.5 Å². The SMILES string of the molecule is CCCNCC(=O)Cc1cncc(Br)c1. The predicted octanol–water partition coefficient (Wildman–Crippen LogP) is 1.96. The Kier molecular flexibility index (Phi) is 5.50. The van der Waals surface area contributed by atoms with Crippen LogP contribution in [0.4, 0.5) is 0 Å². The normalized spacial score (nSPS) is 10.3. The summed E-state index contributed by atoms with van der Waals surface area (Å²) >= 11 is 3.33. The Bertz CT molecular complexity index is 328. The van der Waals surface area contributed by atoms with Crippen LogP contribution in [-0.4, -0.2) is 23.9 Å². The molecule has 0 aliphatic carbocycles. The molecule has 0 radical (unpaired) electrons. The highest BCUT2D eigenvalue weighted by Crippen LogP contribution is 2.09. The lowest BCUT2D eigenvalue weighted by molar-refractivity contribution is -0.117. The molecule has 0 amide bonds. The summed E-state index contributed by atoms with van der Waals surface area (Å²) < 4.78 is 0.911. The van der Waals surface area contributed by atoms with Crippen molar-refractivity contribution < 1.29 is 4.79 Å². The van der Waals surface area contributed by atoms with Crippen LogP contribution >= 0.6 is 15.9 Å². The maximum atomic E-state index is 11.5. The zero-order valence-electron chi connectivity index (χ0n) is 8.79. The molecular formula is C11H15BrN2O. The number of rotatable bonds is 6. The van der Waals surface area contributed by atoms with Crippen molar-refractivity contribution in [1.29, 1.82) is 0 Å². The summed E-state index contributed by atoms with van der Waals surface area (Å²) in [6.07, 6.45) is 4.93. The summed E-state index contributed by atoms with van der Waals surface area (Å²) in [5, 5.41) is 3.09. The van der Waals surface area contributed by atoms with Crippen LogP contribution in [0.2, 0.25) is 0 Å². The molecule has 0 bridgehead atoms. The summed E-state index contributed by atoms with van der Waals surface area (Å²) in [6.45, 7) is 3.42. The lowest BCUT2D eigenvalue weighted by atomic mass is 10.1. The zero-order valence-corrected chi connectivity index (χ0v) is 10.4. The van der Waals surface area contributed by atoms with Crippen LogP contribution in [0.15, 0.2) is 22.9 Å². The van der Waals surface area contributed by atoms with Gasteiger partial charge in [-0.3, -0.25) is 9.78 Å². The van der Waals surface area contributed by atoms with Crippen molar-refractivity contribution in [3.8, 4) is 0 Å². The molecule has 1 aromatic heterocycles. The van der Waals surface area contributed by atoms with Crippen LogP contribution in [0.3, 0.4) is 0 Å². The van der Waals surface area contributed by atoms with E-state index in [0.717, 1.165) is 23.0 Å². The standard InChI is InChI=1S/C11H15BrN2O/c1-2-3-13-8-11(15)5-9-4-10(12)7-14-6-9/h4,6-7,13H,2-3,5,8H2,1H3. The van der Waals surface area contributed by atoms with Gasteiger partial charge >= 0.3 is 0 Å². The molecule has 15 heavy (non-hydrogen) atoms. The molecule has 3 nitrogen and oxygen atoms in total. The molecule has 0 fully saturated rings. The van der Waals surface area contributed by atoms with E-state index in [1.807, 2.05) is 6.07 Å². The van der Waals surface area contributed by atoms with E-state index >= 15 is 0 Å². The highest BCUT2D eigenvalue weighted by Gasteiger charge is 2.03. The zero-order chi connectivity index (χ0) is 11.1. The minimum Gasteiger partial charge on any atom is -0.310 e. The first-order valence-corrected chi connectivity index (χ1v) is 5.83. The predicted molar refractivity (Wildman–Crippen MR) is 63.8 cm³/mol. The van der Waals surface area contributed by atoms with Gasteiger partial charge in [0.2, 0.25) is 0 Å². The highest BCUT2D eigenvalue weighted by atomic mass is 79.9. The van der Waals surface area contributed by atoms with E-state index in [9.17, 15) is 4.79 Å². The molecule has 0 spiro atoms. The number of pyridine rings is 1. The fraction of sp³-hybridized carbons (Fsp3) is 0.455. The Morgan fingerprint density at radius 3 is 3.00 bits per heavy atom. The average Bonchev–Trinajstić information content (AvgIpc) is 2.18. The molecular weight excluding hydrogens is 256 g/mol. The maximum absolute atomic E-state index is 11.5. The molecule has 0 aromatic carbocycles. The number of aromatic nitrogens is 1. The van der Waals surface area contributed by atoms with Crippen LogP contribution in [0.25, 0.3) is 0 Å². The van der Waals surface area contributed by atoms with Crippen molar-refractivity contribution in [1.82, 2.24) is 10.3 Å². The summed E-state index contributed by atoms with van der Waals surface area (Å²) in [4.78, 5) is 15.5. The number of carbonyl (C=O) groups is 1. The first-order valence-electron chi connectivity index (χ1n) is 5.04. The maximum Gasteiger partial charge on any atom is 0.151 e. The van der Waals surface area contributed by atoms with Gasteiger partial charge in [-0.1, -0.05) is 6.92 Å². The van der Waals surface area contributed by atoms with Gasteiger partial charge in [-0.05, 0) is 40.5 Å². The van der Waals surface area contributed by atoms with E-state index in [-0.39, 0.29) is 5.78 Å². The second-order valence-corrected chi connectivity index (χ2v) is 4.32. The number of carbonyl (C=O) groups excluding carboxylic acids is 1. The van der Waals surface area contributed by atoms with Gasteiger partial charge in [0.1, 0.15) is 0 Å². The number of hydrogen-bond donors (Lipinski definition) is 1. The molecule has 0 saturated heterocycles. The topological polar surface area (TPSA) is 42.0 Å². The molecule has 0 atom stereocenters. The minimum atomic E-state index is 0.198. The molecule has 4 heteroatoms. The Balaban J connectivity index is 2.37. The average molecular weight is 271 g/mol. The second-order valence-electron chi connectivity index (χ2n) is 3.40. The Morgan fingerprint density at radius 2 is 2.33 bits per heavy atom. The van der Waals surface area contributed by atoms with Gasteiger partial charge in [0.15, 0.2) is 5.78 Å². The van der Waals surface area contributed by atoms with Crippen LogP contribution < -0.4 is 5.32 Å². The number of ketones is 1. The molecule has 0 aliphatic heterocycles. The van der Waals surface area contributed by atoms with Gasteiger partial charge in [0, 0.05) is 23.3 Å². The molecule has 1 rings (SSSR count). The van der Waals surface area contributed by atoms with Gasteiger partial charge in [-0.2, -0.15) is 0 Å². The summed E-state index contributed by atoms with van der Waals surface area (Å²) in [5.41, 5.74) is 0.952. The van der Waals surface area contributed by atoms with Crippen molar-refractivity contribution in [2.45, 2.75) is 19.8 Å². The lowest BCUT2D eigenvalue weighted by Gasteiger charge is -2.02. The third kappa shape index (κ3) is 5.04. The van der Waals surface area contributed by atoms with E-state index in [2.05, 4.69) is 33.2 Å². The van der Waals surface area contributed by atoms with Gasteiger partial charge < -0.3 is 5.32 Å². The second kappa shape index (κ2) is 6.69. The monoisotopic (exact) mass is 270 g/mol. The lowest BCUT2D eigenvalue weighted by Crippen LogP contribution is -2.24. The van der Waals surface area contributed by atoms with E-state index in [0.29, 0.717) is 13.0 Å². The first kappa shape index (κ1) is 12.3. The van der Waals surface area contributed by atoms with Crippen LogP contribution in [0.1, 0.15) is 18.9 Å². The van der Waals surface area contributed by atoms with Crippen molar-refractivity contribution >= 4 is 21.7 Å². The van der Waals surface area contributed by atoms with Gasteiger partial charge in [-0.15, -0.1) is 0 Å². The van der Waals surface area contributed by atoms with E-state index in [1.54, 1.807) is 12.4 Å². The Labute approximate surface area is 98.4 Å². The van der Waals surface area contributed by atoms with Gasteiger partial charge in [0.05, 0.1) is 6.54 Å². The van der Waals surface area contributed by atoms with Crippen LogP contribution in [0.5, 0.6) is 0 Å². The molecule has 82 valence electrons. The third-order valence-electron chi connectivity index (χ3n) is 1.91. The molecule has 0 aliphatic rings. The van der Waals surface area contributed by atoms with Crippen molar-refractivity contribution in [3.63, 3.8) is 0 Å². The van der Waals surface area contributed by atoms with Gasteiger partial charge in [0.25, 0.3) is 0 Å². The molecule has 1 N–H and O–H groups in total. The first-order chi connectivity index (χ1) is 7.22. The largest absolute Gasteiger partial charge is 0.310 e. The number of halogens is 1. The number of nitrogens with one attached hydrogen (secondary N) is 1. The summed E-state index contributed by atoms with van der Waals surface area (Å²) in [5.74, 6) is 0.198. The van der Waals surface area contributed by atoms with E-state index in [1.165, 1.54) is 0 Å². The molecule has 0 unspecified atom stereocenters. The van der Waals surface area contributed by atoms with E-state index < -0.39 is 0 Å². The van der Waals surface area contributed by atoms with Gasteiger partial charge in [-0.25, -0.2) is 0 Å². The number of nitrogens with zero attached hydrogens (tertiary/aromatic N) is 1. The quantitative estimate of drug-likeness (QED) is 0.804. The molecule has 1 heterocycles. The number of Topliss-reactive ketones (excluding diaryl/α,β-unsaturated/α-hetero) is 1. The highest BCUT2D eigenvalue weighted by molar-refractivity contribution is 9.10. The van der Waals surface area contributed by atoms with Crippen molar-refractivity contribution in [2.75, 3.05) is 13.1 Å². The van der Waals surface area contributed by atoms with E-state index in [4.69, 9.17) is 0 Å². The van der Waals surface area contributed by atoms with Crippen molar-refractivity contribution in [2.24, 2.45) is 0 Å². The van der Waals surface area contributed by atoms with Crippen LogP contribution in [0, 0.1) is 0 Å². The molecule has 1 aromatic rings. The molecule has 0 saturated carbocycles. The summed E-state index contributed by atoms with van der Waals surface area (Å²) in [6, 6.07) is 1.92. The third-order valence-corrected chi connectivity index (χ3v) is 2.35.